The number of aryl methyl sites for hydroxylation is 1. The Labute approximate surface area is 115 Å². The van der Waals surface area contributed by atoms with Crippen molar-refractivity contribution in [3.63, 3.8) is 0 Å². The lowest BCUT2D eigenvalue weighted by Gasteiger charge is -2.38. The van der Waals surface area contributed by atoms with Crippen LogP contribution in [0.2, 0.25) is 0 Å². The lowest BCUT2D eigenvalue weighted by atomic mass is 9.83. The van der Waals surface area contributed by atoms with E-state index < -0.39 is 0 Å². The third-order valence-electron chi connectivity index (χ3n) is 4.06. The molecule has 1 aromatic heterocycles. The van der Waals surface area contributed by atoms with E-state index in [-0.39, 0.29) is 11.6 Å². The smallest absolute Gasteiger partial charge is 0.0874 e. The minimum absolute atomic E-state index is 0.0282. The van der Waals surface area contributed by atoms with E-state index >= 15 is 0 Å². The first-order valence-electron chi connectivity index (χ1n) is 7.12. The van der Waals surface area contributed by atoms with E-state index in [1.165, 1.54) is 36.1 Å². The summed E-state index contributed by atoms with van der Waals surface area (Å²) in [7, 11) is 0. The Kier molecular flexibility index (Phi) is 4.82. The maximum Gasteiger partial charge on any atom is 0.0874 e. The molecule has 1 fully saturated rings. The third-order valence-corrected chi connectivity index (χ3v) is 4.94. The fraction of sp³-hybridized carbons (Fsp3) is 0.733. The van der Waals surface area contributed by atoms with E-state index in [4.69, 9.17) is 10.5 Å². The minimum atomic E-state index is -0.126. The van der Waals surface area contributed by atoms with Crippen LogP contribution in [-0.2, 0) is 4.74 Å². The number of hydrogen-bond acceptors (Lipinski definition) is 3. The van der Waals surface area contributed by atoms with E-state index in [9.17, 15) is 0 Å². The molecule has 0 aromatic carbocycles. The van der Waals surface area contributed by atoms with Gasteiger partial charge in [0.05, 0.1) is 11.6 Å². The van der Waals surface area contributed by atoms with Crippen LogP contribution in [0.25, 0.3) is 0 Å². The molecule has 1 heterocycles. The SMILES string of the molecule is CCOC1(C(N)c2csc(C)c2)CCCCCC1. The second-order valence-corrected chi connectivity index (χ2v) is 6.50. The van der Waals surface area contributed by atoms with Crippen LogP contribution in [0.3, 0.4) is 0 Å². The highest BCUT2D eigenvalue weighted by Gasteiger charge is 2.38. The summed E-state index contributed by atoms with van der Waals surface area (Å²) in [4.78, 5) is 1.33. The van der Waals surface area contributed by atoms with E-state index in [0.29, 0.717) is 0 Å². The van der Waals surface area contributed by atoms with Crippen LogP contribution in [0.15, 0.2) is 11.4 Å². The predicted octanol–water partition coefficient (Wildman–Crippen LogP) is 4.19. The molecule has 0 saturated heterocycles. The Morgan fingerprint density at radius 1 is 1.33 bits per heavy atom. The Bertz CT molecular complexity index is 366. The van der Waals surface area contributed by atoms with Gasteiger partial charge < -0.3 is 10.5 Å². The monoisotopic (exact) mass is 267 g/mol. The average Bonchev–Trinajstić information content (AvgIpc) is 2.64. The van der Waals surface area contributed by atoms with Crippen molar-refractivity contribution >= 4 is 11.3 Å². The fourth-order valence-electron chi connectivity index (χ4n) is 3.09. The number of thiophene rings is 1. The quantitative estimate of drug-likeness (QED) is 0.830. The summed E-state index contributed by atoms with van der Waals surface area (Å²) in [5, 5.41) is 2.20. The van der Waals surface area contributed by atoms with Gasteiger partial charge >= 0.3 is 0 Å². The Balaban J connectivity index is 2.22. The van der Waals surface area contributed by atoms with Crippen molar-refractivity contribution in [3.8, 4) is 0 Å². The van der Waals surface area contributed by atoms with Gasteiger partial charge in [0, 0.05) is 11.5 Å². The summed E-state index contributed by atoms with van der Waals surface area (Å²) in [6.45, 7) is 4.98. The Morgan fingerprint density at radius 2 is 2.00 bits per heavy atom. The van der Waals surface area contributed by atoms with Gasteiger partial charge in [0.25, 0.3) is 0 Å². The topological polar surface area (TPSA) is 35.2 Å². The van der Waals surface area contributed by atoms with Gasteiger partial charge in [-0.3, -0.25) is 0 Å². The molecule has 0 radical (unpaired) electrons. The van der Waals surface area contributed by atoms with Crippen LogP contribution in [0.4, 0.5) is 0 Å². The van der Waals surface area contributed by atoms with Crippen molar-refractivity contribution in [2.45, 2.75) is 64.0 Å². The van der Waals surface area contributed by atoms with Gasteiger partial charge in [0.15, 0.2) is 0 Å². The molecule has 1 atom stereocenters. The second kappa shape index (κ2) is 6.18. The van der Waals surface area contributed by atoms with Gasteiger partial charge in [-0.25, -0.2) is 0 Å². The van der Waals surface area contributed by atoms with Gasteiger partial charge in [0.2, 0.25) is 0 Å². The van der Waals surface area contributed by atoms with Crippen LogP contribution < -0.4 is 5.73 Å². The normalized spacial score (nSPS) is 21.5. The summed E-state index contributed by atoms with van der Waals surface area (Å²) in [6, 6.07) is 2.25. The van der Waals surface area contributed by atoms with Crippen LogP contribution in [0.1, 0.15) is 61.9 Å². The van der Waals surface area contributed by atoms with Crippen LogP contribution in [-0.4, -0.2) is 12.2 Å². The molecule has 2 rings (SSSR count). The molecule has 1 saturated carbocycles. The number of rotatable bonds is 4. The summed E-state index contributed by atoms with van der Waals surface area (Å²) in [5.41, 5.74) is 7.69. The van der Waals surface area contributed by atoms with Crippen LogP contribution in [0.5, 0.6) is 0 Å². The first-order chi connectivity index (χ1) is 8.68. The number of hydrogen-bond donors (Lipinski definition) is 1. The van der Waals surface area contributed by atoms with Crippen molar-refractivity contribution in [3.05, 3.63) is 21.9 Å². The van der Waals surface area contributed by atoms with Gasteiger partial charge in [-0.05, 0) is 43.7 Å². The first-order valence-corrected chi connectivity index (χ1v) is 8.00. The Morgan fingerprint density at radius 3 is 2.50 bits per heavy atom. The highest BCUT2D eigenvalue weighted by Crippen LogP contribution is 2.40. The molecule has 1 aliphatic rings. The summed E-state index contributed by atoms with van der Waals surface area (Å²) in [6.07, 6.45) is 7.36. The minimum Gasteiger partial charge on any atom is -0.373 e. The first kappa shape index (κ1) is 14.0. The molecule has 2 nitrogen and oxygen atoms in total. The third kappa shape index (κ3) is 2.95. The van der Waals surface area contributed by atoms with E-state index in [1.807, 2.05) is 0 Å². The fourth-order valence-corrected chi connectivity index (χ4v) is 3.83. The lowest BCUT2D eigenvalue weighted by Crippen LogP contribution is -2.43. The molecule has 1 aromatic rings. The lowest BCUT2D eigenvalue weighted by molar-refractivity contribution is -0.0695. The number of nitrogens with two attached hydrogens (primary N) is 1. The van der Waals surface area contributed by atoms with Gasteiger partial charge in [-0.1, -0.05) is 25.7 Å². The second-order valence-electron chi connectivity index (χ2n) is 5.38. The molecule has 0 bridgehead atoms. The molecule has 0 spiro atoms. The van der Waals surface area contributed by atoms with Crippen molar-refractivity contribution in [2.75, 3.05) is 6.61 Å². The zero-order chi connectivity index (χ0) is 13.0. The molecule has 3 heteroatoms. The predicted molar refractivity (Wildman–Crippen MR) is 78.0 cm³/mol. The van der Waals surface area contributed by atoms with Crippen molar-refractivity contribution in [2.24, 2.45) is 5.73 Å². The molecular formula is C15H25NOS. The van der Waals surface area contributed by atoms with Crippen molar-refractivity contribution < 1.29 is 4.74 Å². The molecule has 102 valence electrons. The van der Waals surface area contributed by atoms with Crippen LogP contribution in [0, 0.1) is 6.92 Å². The zero-order valence-electron chi connectivity index (χ0n) is 11.6. The molecule has 1 aliphatic carbocycles. The van der Waals surface area contributed by atoms with E-state index in [1.54, 1.807) is 11.3 Å². The molecule has 0 aliphatic heterocycles. The highest BCUT2D eigenvalue weighted by molar-refractivity contribution is 7.10. The van der Waals surface area contributed by atoms with Crippen LogP contribution >= 0.6 is 11.3 Å². The zero-order valence-corrected chi connectivity index (χ0v) is 12.4. The van der Waals surface area contributed by atoms with E-state index in [2.05, 4.69) is 25.3 Å². The van der Waals surface area contributed by atoms with Gasteiger partial charge in [0.1, 0.15) is 0 Å². The van der Waals surface area contributed by atoms with Gasteiger partial charge in [-0.15, -0.1) is 11.3 Å². The molecule has 1 unspecified atom stereocenters. The maximum absolute atomic E-state index is 6.56. The molecule has 2 N–H and O–H groups in total. The molecular weight excluding hydrogens is 242 g/mol. The van der Waals surface area contributed by atoms with Crippen molar-refractivity contribution in [1.29, 1.82) is 0 Å². The van der Waals surface area contributed by atoms with Crippen molar-refractivity contribution in [1.82, 2.24) is 0 Å². The average molecular weight is 267 g/mol. The maximum atomic E-state index is 6.56. The summed E-state index contributed by atoms with van der Waals surface area (Å²) in [5.74, 6) is 0. The van der Waals surface area contributed by atoms with Gasteiger partial charge in [-0.2, -0.15) is 0 Å². The highest BCUT2D eigenvalue weighted by atomic mass is 32.1. The summed E-state index contributed by atoms with van der Waals surface area (Å²) < 4.78 is 6.16. The van der Waals surface area contributed by atoms with E-state index in [0.717, 1.165) is 19.4 Å². The Hall–Kier alpha value is -0.380. The standard InChI is InChI=1S/C15H25NOS/c1-3-17-15(8-6-4-5-7-9-15)14(16)13-10-12(2)18-11-13/h10-11,14H,3-9,16H2,1-2H3. The molecule has 18 heavy (non-hydrogen) atoms. The number of ether oxygens (including phenoxy) is 1. The summed E-state index contributed by atoms with van der Waals surface area (Å²) >= 11 is 1.78. The molecule has 0 amide bonds. The largest absolute Gasteiger partial charge is 0.373 e.